The second-order valence-electron chi connectivity index (χ2n) is 5.75. The van der Waals surface area contributed by atoms with Gasteiger partial charge in [-0.25, -0.2) is 0 Å². The summed E-state index contributed by atoms with van der Waals surface area (Å²) >= 11 is 0. The zero-order chi connectivity index (χ0) is 14.0. The first-order chi connectivity index (χ1) is 9.74. The topological polar surface area (TPSA) is 48.4 Å². The number of nitrogens with zero attached hydrogens (tertiary/aromatic N) is 1. The van der Waals surface area contributed by atoms with Gasteiger partial charge in [0.25, 0.3) is 0 Å². The largest absolute Gasteiger partial charge is 0.378 e. The molecule has 0 amide bonds. The molecule has 1 spiro atoms. The molecule has 0 saturated carbocycles. The molecule has 0 bridgehead atoms. The molecule has 1 aromatic rings. The second-order valence-corrected chi connectivity index (χ2v) is 5.75. The molecule has 2 saturated heterocycles. The number of hydrogen-bond acceptors (Lipinski definition) is 4. The summed E-state index contributed by atoms with van der Waals surface area (Å²) < 4.78 is 11.4. The minimum absolute atomic E-state index is 0.0191. The maximum Gasteiger partial charge on any atom is 0.184 e. The fourth-order valence-corrected chi connectivity index (χ4v) is 3.25. The van der Waals surface area contributed by atoms with Crippen LogP contribution in [-0.4, -0.2) is 36.2 Å². The molecular formula is C16H21NO3. The molecule has 4 heteroatoms. The predicted octanol–water partition coefficient (Wildman–Crippen LogP) is 2.41. The molecule has 2 fully saturated rings. The Morgan fingerprint density at radius 3 is 3.15 bits per heavy atom. The molecule has 4 nitrogen and oxygen atoms in total. The van der Waals surface area contributed by atoms with Crippen molar-refractivity contribution in [3.63, 3.8) is 0 Å². The summed E-state index contributed by atoms with van der Waals surface area (Å²) in [5.41, 5.74) is 1.47. The van der Waals surface area contributed by atoms with E-state index >= 15 is 0 Å². The fraction of sp³-hybridized carbons (Fsp3) is 0.625. The first-order valence-corrected chi connectivity index (χ1v) is 7.44. The predicted molar refractivity (Wildman–Crippen MR) is 74.8 cm³/mol. The molecular weight excluding hydrogens is 254 g/mol. The summed E-state index contributed by atoms with van der Waals surface area (Å²) in [6.07, 6.45) is 5.01. The van der Waals surface area contributed by atoms with Crippen molar-refractivity contribution in [1.82, 2.24) is 4.98 Å². The third-order valence-corrected chi connectivity index (χ3v) is 4.44. The minimum Gasteiger partial charge on any atom is -0.378 e. The van der Waals surface area contributed by atoms with Crippen molar-refractivity contribution in [2.45, 2.75) is 38.2 Å². The molecule has 20 heavy (non-hydrogen) atoms. The van der Waals surface area contributed by atoms with Crippen LogP contribution in [0.2, 0.25) is 0 Å². The number of pyridine rings is 1. The van der Waals surface area contributed by atoms with Crippen LogP contribution in [0, 0.1) is 5.92 Å². The SMILES string of the molecule is CCc1cccnc1C(=O)C1CCOC2(CCOC2)C1. The summed E-state index contributed by atoms with van der Waals surface area (Å²) in [5, 5.41) is 0. The van der Waals surface area contributed by atoms with Gasteiger partial charge < -0.3 is 9.47 Å². The summed E-state index contributed by atoms with van der Waals surface area (Å²) in [7, 11) is 0. The summed E-state index contributed by atoms with van der Waals surface area (Å²) in [6, 6.07) is 3.89. The molecule has 0 aliphatic carbocycles. The van der Waals surface area contributed by atoms with Gasteiger partial charge in [0.05, 0.1) is 12.2 Å². The van der Waals surface area contributed by atoms with Gasteiger partial charge in [0.1, 0.15) is 5.69 Å². The third kappa shape index (κ3) is 2.50. The Balaban J connectivity index is 1.79. The average molecular weight is 275 g/mol. The Morgan fingerprint density at radius 1 is 1.50 bits per heavy atom. The maximum absolute atomic E-state index is 12.8. The smallest absolute Gasteiger partial charge is 0.184 e. The van der Waals surface area contributed by atoms with E-state index < -0.39 is 0 Å². The van der Waals surface area contributed by atoms with Crippen LogP contribution < -0.4 is 0 Å². The standard InChI is InChI=1S/C16H21NO3/c1-2-12-4-3-7-17-14(12)15(18)13-5-8-20-16(10-13)6-9-19-11-16/h3-4,7,13H,2,5-6,8-11H2,1H3. The molecule has 1 aromatic heterocycles. The van der Waals surface area contributed by atoms with Gasteiger partial charge in [0.15, 0.2) is 5.78 Å². The highest BCUT2D eigenvalue weighted by atomic mass is 16.6. The van der Waals surface area contributed by atoms with Crippen LogP contribution in [0.4, 0.5) is 0 Å². The van der Waals surface area contributed by atoms with Crippen molar-refractivity contribution < 1.29 is 14.3 Å². The van der Waals surface area contributed by atoms with Crippen LogP contribution >= 0.6 is 0 Å². The summed E-state index contributed by atoms with van der Waals surface area (Å²) in [6.45, 7) is 4.07. The molecule has 0 aromatic carbocycles. The number of hydrogen-bond donors (Lipinski definition) is 0. The van der Waals surface area contributed by atoms with Gasteiger partial charge in [-0.1, -0.05) is 13.0 Å². The molecule has 3 heterocycles. The van der Waals surface area contributed by atoms with E-state index in [9.17, 15) is 4.79 Å². The zero-order valence-electron chi connectivity index (χ0n) is 11.9. The summed E-state index contributed by atoms with van der Waals surface area (Å²) in [5.74, 6) is 0.197. The number of ketones is 1. The molecule has 2 aliphatic heterocycles. The third-order valence-electron chi connectivity index (χ3n) is 4.44. The number of aryl methyl sites for hydroxylation is 1. The highest BCUT2D eigenvalue weighted by Gasteiger charge is 2.43. The van der Waals surface area contributed by atoms with Gasteiger partial charge in [0, 0.05) is 31.7 Å². The van der Waals surface area contributed by atoms with Gasteiger partial charge >= 0.3 is 0 Å². The zero-order valence-corrected chi connectivity index (χ0v) is 11.9. The Hall–Kier alpha value is -1.26. The lowest BCUT2D eigenvalue weighted by Crippen LogP contribution is -2.42. The van der Waals surface area contributed by atoms with Gasteiger partial charge in [0.2, 0.25) is 0 Å². The number of aromatic nitrogens is 1. The van der Waals surface area contributed by atoms with Gasteiger partial charge in [-0.2, -0.15) is 0 Å². The van der Waals surface area contributed by atoms with E-state index in [1.165, 1.54) is 0 Å². The number of ether oxygens (including phenoxy) is 2. The molecule has 108 valence electrons. The van der Waals surface area contributed by atoms with Gasteiger partial charge in [-0.05, 0) is 30.9 Å². The maximum atomic E-state index is 12.8. The average Bonchev–Trinajstić information content (AvgIpc) is 2.94. The van der Waals surface area contributed by atoms with Crippen LogP contribution in [0.15, 0.2) is 18.3 Å². The number of rotatable bonds is 3. The van der Waals surface area contributed by atoms with Crippen molar-refractivity contribution in [3.05, 3.63) is 29.6 Å². The molecule has 0 N–H and O–H groups in total. The van der Waals surface area contributed by atoms with Crippen molar-refractivity contribution in [1.29, 1.82) is 0 Å². The van der Waals surface area contributed by atoms with Crippen LogP contribution in [0.25, 0.3) is 0 Å². The van der Waals surface area contributed by atoms with E-state index in [4.69, 9.17) is 9.47 Å². The van der Waals surface area contributed by atoms with Crippen LogP contribution in [0.1, 0.15) is 42.2 Å². The Bertz CT molecular complexity index is 494. The molecule has 0 radical (unpaired) electrons. The highest BCUT2D eigenvalue weighted by Crippen LogP contribution is 2.37. The lowest BCUT2D eigenvalue weighted by Gasteiger charge is -2.36. The van der Waals surface area contributed by atoms with E-state index in [2.05, 4.69) is 11.9 Å². The molecule has 2 aliphatic rings. The van der Waals surface area contributed by atoms with Gasteiger partial charge in [-0.15, -0.1) is 0 Å². The van der Waals surface area contributed by atoms with Crippen molar-refractivity contribution in [2.75, 3.05) is 19.8 Å². The Kier molecular flexibility index (Phi) is 3.85. The minimum atomic E-state index is -0.222. The second kappa shape index (κ2) is 5.62. The highest BCUT2D eigenvalue weighted by molar-refractivity contribution is 5.97. The van der Waals surface area contributed by atoms with Crippen LogP contribution in [0.5, 0.6) is 0 Å². The van der Waals surface area contributed by atoms with E-state index in [0.717, 1.165) is 37.9 Å². The molecule has 2 atom stereocenters. The number of carbonyl (C=O) groups is 1. The monoisotopic (exact) mass is 275 g/mol. The molecule has 2 unspecified atom stereocenters. The first kappa shape index (κ1) is 13.7. The summed E-state index contributed by atoms with van der Waals surface area (Å²) in [4.78, 5) is 17.1. The first-order valence-electron chi connectivity index (χ1n) is 7.44. The van der Waals surface area contributed by atoms with Crippen molar-refractivity contribution in [3.8, 4) is 0 Å². The van der Waals surface area contributed by atoms with Crippen LogP contribution in [-0.2, 0) is 15.9 Å². The molecule has 3 rings (SSSR count). The Labute approximate surface area is 119 Å². The lowest BCUT2D eigenvalue weighted by molar-refractivity contribution is -0.0921. The van der Waals surface area contributed by atoms with Crippen LogP contribution in [0.3, 0.4) is 0 Å². The lowest BCUT2D eigenvalue weighted by atomic mass is 9.81. The van der Waals surface area contributed by atoms with E-state index in [1.54, 1.807) is 6.20 Å². The van der Waals surface area contributed by atoms with Crippen molar-refractivity contribution >= 4 is 5.78 Å². The fourth-order valence-electron chi connectivity index (χ4n) is 3.25. The number of carbonyl (C=O) groups excluding carboxylic acids is 1. The van der Waals surface area contributed by atoms with E-state index in [1.807, 2.05) is 12.1 Å². The van der Waals surface area contributed by atoms with Crippen molar-refractivity contribution in [2.24, 2.45) is 5.92 Å². The van der Waals surface area contributed by atoms with E-state index in [0.29, 0.717) is 18.9 Å². The normalized spacial score (nSPS) is 29.8. The quantitative estimate of drug-likeness (QED) is 0.795. The van der Waals surface area contributed by atoms with Gasteiger partial charge in [-0.3, -0.25) is 9.78 Å². The van der Waals surface area contributed by atoms with E-state index in [-0.39, 0.29) is 17.3 Å². The Morgan fingerprint density at radius 2 is 2.40 bits per heavy atom. The number of Topliss-reactive ketones (excluding diaryl/α,β-unsaturated/α-hetero) is 1.